The number of rotatable bonds is 6. The van der Waals surface area contributed by atoms with Gasteiger partial charge in [0.1, 0.15) is 0 Å². The van der Waals surface area contributed by atoms with E-state index in [1.54, 1.807) is 24.3 Å². The zero-order chi connectivity index (χ0) is 18.6. The van der Waals surface area contributed by atoms with E-state index in [0.717, 1.165) is 0 Å². The number of piperazine rings is 1. The second-order valence-electron chi connectivity index (χ2n) is 6.80. The van der Waals surface area contributed by atoms with Crippen molar-refractivity contribution in [1.29, 1.82) is 0 Å². The number of hydrogen-bond acceptors (Lipinski definition) is 5. The molecule has 0 spiro atoms. The van der Waals surface area contributed by atoms with Gasteiger partial charge in [0, 0.05) is 32.7 Å². The SMILES string of the molecule is CC(C)[C@H](N)C(=O)NCc1ccccc1S(=O)(=O)N1CCN(C)CC1.Cl. The smallest absolute Gasteiger partial charge is 0.243 e. The van der Waals surface area contributed by atoms with Crippen molar-refractivity contribution in [1.82, 2.24) is 14.5 Å². The van der Waals surface area contributed by atoms with Crippen molar-refractivity contribution >= 4 is 28.3 Å². The fourth-order valence-electron chi connectivity index (χ4n) is 2.67. The largest absolute Gasteiger partial charge is 0.351 e. The molecule has 1 saturated heterocycles. The van der Waals surface area contributed by atoms with Crippen molar-refractivity contribution in [2.45, 2.75) is 31.3 Å². The van der Waals surface area contributed by atoms with Gasteiger partial charge in [-0.1, -0.05) is 32.0 Å². The van der Waals surface area contributed by atoms with Gasteiger partial charge in [-0.05, 0) is 24.6 Å². The molecule has 148 valence electrons. The van der Waals surface area contributed by atoms with Crippen LogP contribution in [-0.4, -0.2) is 62.8 Å². The maximum Gasteiger partial charge on any atom is 0.243 e. The van der Waals surface area contributed by atoms with Crippen molar-refractivity contribution in [3.8, 4) is 0 Å². The summed E-state index contributed by atoms with van der Waals surface area (Å²) in [5, 5.41) is 2.75. The molecule has 0 unspecified atom stereocenters. The third kappa shape index (κ3) is 5.40. The van der Waals surface area contributed by atoms with Crippen molar-refractivity contribution in [3.05, 3.63) is 29.8 Å². The lowest BCUT2D eigenvalue weighted by Crippen LogP contribution is -2.47. The Balaban J connectivity index is 0.00000338. The van der Waals surface area contributed by atoms with Crippen LogP contribution < -0.4 is 11.1 Å². The number of carbonyl (C=O) groups is 1. The minimum absolute atomic E-state index is 0. The van der Waals surface area contributed by atoms with Crippen LogP contribution in [0.25, 0.3) is 0 Å². The van der Waals surface area contributed by atoms with Gasteiger partial charge in [-0.25, -0.2) is 8.42 Å². The molecule has 9 heteroatoms. The van der Waals surface area contributed by atoms with Crippen molar-refractivity contribution < 1.29 is 13.2 Å². The number of likely N-dealkylation sites (N-methyl/N-ethyl adjacent to an activating group) is 1. The summed E-state index contributed by atoms with van der Waals surface area (Å²) in [6.07, 6.45) is 0. The highest BCUT2D eigenvalue weighted by atomic mass is 35.5. The van der Waals surface area contributed by atoms with E-state index in [4.69, 9.17) is 5.73 Å². The van der Waals surface area contributed by atoms with Crippen LogP contribution >= 0.6 is 12.4 Å². The van der Waals surface area contributed by atoms with Crippen molar-refractivity contribution in [2.24, 2.45) is 11.7 Å². The number of amides is 1. The van der Waals surface area contributed by atoms with Crippen LogP contribution in [0.3, 0.4) is 0 Å². The third-order valence-corrected chi connectivity index (χ3v) is 6.53. The van der Waals surface area contributed by atoms with E-state index in [0.29, 0.717) is 31.7 Å². The number of carbonyl (C=O) groups excluding carboxylic acids is 1. The maximum atomic E-state index is 13.0. The number of halogens is 1. The lowest BCUT2D eigenvalue weighted by molar-refractivity contribution is -0.123. The predicted molar refractivity (Wildman–Crippen MR) is 105 cm³/mol. The van der Waals surface area contributed by atoms with Crippen LogP contribution in [0.15, 0.2) is 29.2 Å². The molecule has 0 radical (unpaired) electrons. The summed E-state index contributed by atoms with van der Waals surface area (Å²) in [6.45, 7) is 6.24. The lowest BCUT2D eigenvalue weighted by Gasteiger charge is -2.32. The van der Waals surface area contributed by atoms with E-state index in [1.807, 2.05) is 20.9 Å². The van der Waals surface area contributed by atoms with Crippen LogP contribution in [0.4, 0.5) is 0 Å². The number of sulfonamides is 1. The van der Waals surface area contributed by atoms with Crippen LogP contribution in [0, 0.1) is 5.92 Å². The molecule has 1 atom stereocenters. The maximum absolute atomic E-state index is 13.0. The van der Waals surface area contributed by atoms with Crippen molar-refractivity contribution in [2.75, 3.05) is 33.2 Å². The number of nitrogens with zero attached hydrogens (tertiary/aromatic N) is 2. The monoisotopic (exact) mass is 404 g/mol. The van der Waals surface area contributed by atoms with Gasteiger partial charge in [-0.3, -0.25) is 4.79 Å². The molecule has 0 aliphatic carbocycles. The molecule has 1 aliphatic heterocycles. The molecule has 26 heavy (non-hydrogen) atoms. The molecule has 7 nitrogen and oxygen atoms in total. The Morgan fingerprint density at radius 2 is 1.77 bits per heavy atom. The van der Waals surface area contributed by atoms with Gasteiger partial charge in [0.2, 0.25) is 15.9 Å². The Morgan fingerprint density at radius 1 is 1.19 bits per heavy atom. The average molecular weight is 405 g/mol. The van der Waals surface area contributed by atoms with Gasteiger partial charge in [-0.15, -0.1) is 12.4 Å². The van der Waals surface area contributed by atoms with Crippen LogP contribution in [0.1, 0.15) is 19.4 Å². The van der Waals surface area contributed by atoms with Gasteiger partial charge in [0.05, 0.1) is 10.9 Å². The van der Waals surface area contributed by atoms with Gasteiger partial charge in [0.25, 0.3) is 0 Å². The molecule has 2 rings (SSSR count). The Labute approximate surface area is 162 Å². The summed E-state index contributed by atoms with van der Waals surface area (Å²) in [5.74, 6) is -0.258. The summed E-state index contributed by atoms with van der Waals surface area (Å²) in [7, 11) is -1.60. The fourth-order valence-corrected chi connectivity index (χ4v) is 4.32. The van der Waals surface area contributed by atoms with Crippen LogP contribution in [0.2, 0.25) is 0 Å². The highest BCUT2D eigenvalue weighted by molar-refractivity contribution is 7.89. The molecule has 1 aromatic carbocycles. The van der Waals surface area contributed by atoms with E-state index in [9.17, 15) is 13.2 Å². The molecular formula is C17H29ClN4O3S. The summed E-state index contributed by atoms with van der Waals surface area (Å²) in [4.78, 5) is 14.4. The molecule has 3 N–H and O–H groups in total. The zero-order valence-corrected chi connectivity index (χ0v) is 17.1. The first-order valence-corrected chi connectivity index (χ1v) is 9.97. The average Bonchev–Trinajstić information content (AvgIpc) is 2.59. The number of nitrogens with one attached hydrogen (secondary N) is 1. The topological polar surface area (TPSA) is 95.7 Å². The Kier molecular flexibility index (Phi) is 8.49. The summed E-state index contributed by atoms with van der Waals surface area (Å²) >= 11 is 0. The lowest BCUT2D eigenvalue weighted by atomic mass is 10.0. The molecule has 0 aromatic heterocycles. The first-order valence-electron chi connectivity index (χ1n) is 8.53. The molecule has 1 aliphatic rings. The predicted octanol–water partition coefficient (Wildman–Crippen LogP) is 0.644. The molecule has 0 saturated carbocycles. The molecular weight excluding hydrogens is 376 g/mol. The summed E-state index contributed by atoms with van der Waals surface area (Å²) < 4.78 is 27.5. The third-order valence-electron chi connectivity index (χ3n) is 4.53. The quantitative estimate of drug-likeness (QED) is 0.725. The summed E-state index contributed by atoms with van der Waals surface area (Å²) in [5.41, 5.74) is 6.41. The fraction of sp³-hybridized carbons (Fsp3) is 0.588. The first-order chi connectivity index (χ1) is 11.7. The van der Waals surface area contributed by atoms with E-state index >= 15 is 0 Å². The highest BCUT2D eigenvalue weighted by Crippen LogP contribution is 2.21. The Morgan fingerprint density at radius 3 is 2.35 bits per heavy atom. The standard InChI is InChI=1S/C17H28N4O3S.ClH/c1-13(2)16(18)17(22)19-12-14-6-4-5-7-15(14)25(23,24)21-10-8-20(3)9-11-21;/h4-7,13,16H,8-12,18H2,1-3H3,(H,19,22);1H/t16-;/m0./s1. The molecule has 1 heterocycles. The molecule has 1 amide bonds. The Bertz CT molecular complexity index is 704. The van der Waals surface area contributed by atoms with Gasteiger partial charge < -0.3 is 16.0 Å². The van der Waals surface area contributed by atoms with Crippen LogP contribution in [-0.2, 0) is 21.4 Å². The Hall–Kier alpha value is -1.19. The second kappa shape index (κ2) is 9.66. The van der Waals surface area contributed by atoms with Crippen molar-refractivity contribution in [3.63, 3.8) is 0 Å². The molecule has 0 bridgehead atoms. The number of hydrogen-bond donors (Lipinski definition) is 2. The second-order valence-corrected chi connectivity index (χ2v) is 8.71. The van der Waals surface area contributed by atoms with Gasteiger partial charge in [-0.2, -0.15) is 4.31 Å². The summed E-state index contributed by atoms with van der Waals surface area (Å²) in [6, 6.07) is 6.18. The minimum atomic E-state index is -3.58. The first kappa shape index (κ1) is 22.9. The zero-order valence-electron chi connectivity index (χ0n) is 15.5. The minimum Gasteiger partial charge on any atom is -0.351 e. The number of benzene rings is 1. The van der Waals surface area contributed by atoms with E-state index in [2.05, 4.69) is 10.2 Å². The van der Waals surface area contributed by atoms with E-state index in [-0.39, 0.29) is 35.7 Å². The van der Waals surface area contributed by atoms with Gasteiger partial charge in [0.15, 0.2) is 0 Å². The normalized spacial score (nSPS) is 17.6. The number of nitrogens with two attached hydrogens (primary N) is 1. The van der Waals surface area contributed by atoms with Gasteiger partial charge >= 0.3 is 0 Å². The molecule has 1 fully saturated rings. The van der Waals surface area contributed by atoms with E-state index < -0.39 is 16.1 Å². The highest BCUT2D eigenvalue weighted by Gasteiger charge is 2.29. The van der Waals surface area contributed by atoms with Crippen LogP contribution in [0.5, 0.6) is 0 Å². The molecule has 1 aromatic rings. The van der Waals surface area contributed by atoms with E-state index in [1.165, 1.54) is 4.31 Å².